The van der Waals surface area contributed by atoms with Crippen molar-refractivity contribution in [2.75, 3.05) is 12.8 Å². The van der Waals surface area contributed by atoms with E-state index in [2.05, 4.69) is 20.1 Å². The van der Waals surface area contributed by atoms with Crippen LogP contribution in [0.3, 0.4) is 0 Å². The van der Waals surface area contributed by atoms with Crippen molar-refractivity contribution in [2.24, 2.45) is 5.41 Å². The number of methoxy groups -OCH3 is 1. The first-order valence-corrected chi connectivity index (χ1v) is 5.86. The molecule has 0 fully saturated rings. The zero-order chi connectivity index (χ0) is 14.0. The molecule has 0 aliphatic heterocycles. The third-order valence-electron chi connectivity index (χ3n) is 2.63. The van der Waals surface area contributed by atoms with Crippen molar-refractivity contribution in [3.05, 3.63) is 18.2 Å². The number of aromatic nitrogens is 4. The SMILES string of the molecule is COC(c1noc(-c2nccnc2N)n1)C(C)(C)C. The Morgan fingerprint density at radius 1 is 1.26 bits per heavy atom. The van der Waals surface area contributed by atoms with Gasteiger partial charge in [-0.3, -0.25) is 0 Å². The van der Waals surface area contributed by atoms with Gasteiger partial charge in [0.05, 0.1) is 0 Å². The Hall–Kier alpha value is -2.02. The van der Waals surface area contributed by atoms with Crippen molar-refractivity contribution in [2.45, 2.75) is 26.9 Å². The molecular formula is C12H17N5O2. The average molecular weight is 263 g/mol. The van der Waals surface area contributed by atoms with Gasteiger partial charge in [0, 0.05) is 19.5 Å². The van der Waals surface area contributed by atoms with E-state index >= 15 is 0 Å². The van der Waals surface area contributed by atoms with E-state index in [4.69, 9.17) is 15.0 Å². The van der Waals surface area contributed by atoms with Crippen LogP contribution in [0.5, 0.6) is 0 Å². The maximum atomic E-state index is 5.72. The summed E-state index contributed by atoms with van der Waals surface area (Å²) >= 11 is 0. The van der Waals surface area contributed by atoms with E-state index in [1.807, 2.05) is 20.8 Å². The molecule has 0 spiro atoms. The van der Waals surface area contributed by atoms with Crippen LogP contribution in [-0.2, 0) is 4.74 Å². The van der Waals surface area contributed by atoms with E-state index in [-0.39, 0.29) is 23.2 Å². The predicted octanol–water partition coefficient (Wildman–Crippen LogP) is 1.84. The van der Waals surface area contributed by atoms with Gasteiger partial charge in [-0.25, -0.2) is 9.97 Å². The second kappa shape index (κ2) is 4.93. The largest absolute Gasteiger partial charge is 0.382 e. The minimum atomic E-state index is -0.275. The van der Waals surface area contributed by atoms with Crippen LogP contribution >= 0.6 is 0 Å². The Balaban J connectivity index is 2.37. The number of nitrogens with zero attached hydrogens (tertiary/aromatic N) is 4. The summed E-state index contributed by atoms with van der Waals surface area (Å²) in [4.78, 5) is 12.3. The second-order valence-electron chi connectivity index (χ2n) is 5.23. The van der Waals surface area contributed by atoms with Gasteiger partial charge in [-0.2, -0.15) is 4.98 Å². The number of nitrogens with two attached hydrogens (primary N) is 1. The van der Waals surface area contributed by atoms with Gasteiger partial charge in [0.15, 0.2) is 11.5 Å². The molecule has 0 amide bonds. The first-order valence-electron chi connectivity index (χ1n) is 5.86. The molecule has 2 heterocycles. The molecule has 0 bridgehead atoms. The zero-order valence-electron chi connectivity index (χ0n) is 11.4. The topological polar surface area (TPSA) is 100.0 Å². The molecule has 7 nitrogen and oxygen atoms in total. The molecule has 2 aromatic heterocycles. The predicted molar refractivity (Wildman–Crippen MR) is 68.9 cm³/mol. The highest BCUT2D eigenvalue weighted by atomic mass is 16.5. The lowest BCUT2D eigenvalue weighted by Gasteiger charge is -2.26. The van der Waals surface area contributed by atoms with Crippen molar-refractivity contribution in [1.82, 2.24) is 20.1 Å². The van der Waals surface area contributed by atoms with Crippen molar-refractivity contribution in [3.63, 3.8) is 0 Å². The van der Waals surface area contributed by atoms with Crippen LogP contribution in [0.4, 0.5) is 5.82 Å². The van der Waals surface area contributed by atoms with Crippen molar-refractivity contribution in [1.29, 1.82) is 0 Å². The molecule has 102 valence electrons. The van der Waals surface area contributed by atoms with Crippen LogP contribution in [0, 0.1) is 5.41 Å². The van der Waals surface area contributed by atoms with E-state index in [9.17, 15) is 0 Å². The average Bonchev–Trinajstić information content (AvgIpc) is 2.78. The van der Waals surface area contributed by atoms with Gasteiger partial charge >= 0.3 is 0 Å². The Bertz CT molecular complexity index is 561. The summed E-state index contributed by atoms with van der Waals surface area (Å²) in [6, 6.07) is 0. The molecule has 2 aromatic rings. The summed E-state index contributed by atoms with van der Waals surface area (Å²) in [7, 11) is 1.61. The third kappa shape index (κ3) is 2.70. The first-order chi connectivity index (χ1) is 8.93. The summed E-state index contributed by atoms with van der Waals surface area (Å²) in [5.41, 5.74) is 5.95. The molecule has 19 heavy (non-hydrogen) atoms. The fourth-order valence-electron chi connectivity index (χ4n) is 1.80. The van der Waals surface area contributed by atoms with E-state index in [1.165, 1.54) is 12.4 Å². The third-order valence-corrected chi connectivity index (χ3v) is 2.63. The first kappa shape index (κ1) is 13.4. The minimum Gasteiger partial charge on any atom is -0.382 e. The molecule has 0 radical (unpaired) electrons. The molecule has 0 aromatic carbocycles. The van der Waals surface area contributed by atoms with Crippen LogP contribution in [0.1, 0.15) is 32.7 Å². The summed E-state index contributed by atoms with van der Waals surface area (Å²) in [6.07, 6.45) is 2.75. The van der Waals surface area contributed by atoms with Gasteiger partial charge in [-0.15, -0.1) is 0 Å². The molecule has 2 N–H and O–H groups in total. The summed E-state index contributed by atoms with van der Waals surface area (Å²) in [5.74, 6) is 0.962. The maximum absolute atomic E-state index is 5.72. The second-order valence-corrected chi connectivity index (χ2v) is 5.23. The Morgan fingerprint density at radius 3 is 2.53 bits per heavy atom. The highest BCUT2D eigenvalue weighted by molar-refractivity contribution is 5.61. The molecule has 2 rings (SSSR count). The number of hydrogen-bond donors (Lipinski definition) is 1. The lowest BCUT2D eigenvalue weighted by molar-refractivity contribution is 0.00718. The summed E-state index contributed by atoms with van der Waals surface area (Å²) in [5, 5.41) is 3.94. The standard InChI is InChI=1S/C12H17N5O2/c1-12(2,3)8(18-4)10-16-11(19-17-10)7-9(13)15-6-5-14-7/h5-6,8H,1-4H3,(H2,13,15). The molecule has 7 heteroatoms. The van der Waals surface area contributed by atoms with Crippen LogP contribution in [-0.4, -0.2) is 27.2 Å². The van der Waals surface area contributed by atoms with Gasteiger partial charge in [-0.1, -0.05) is 25.9 Å². The molecular weight excluding hydrogens is 246 g/mol. The monoisotopic (exact) mass is 263 g/mol. The van der Waals surface area contributed by atoms with E-state index in [0.29, 0.717) is 11.5 Å². The van der Waals surface area contributed by atoms with Crippen molar-refractivity contribution < 1.29 is 9.26 Å². The van der Waals surface area contributed by atoms with Gasteiger partial charge in [0.1, 0.15) is 6.10 Å². The summed E-state index contributed by atoms with van der Waals surface area (Å²) < 4.78 is 10.6. The normalized spacial score (nSPS) is 13.5. The van der Waals surface area contributed by atoms with E-state index < -0.39 is 0 Å². The Morgan fingerprint density at radius 2 is 1.95 bits per heavy atom. The van der Waals surface area contributed by atoms with Crippen molar-refractivity contribution >= 4 is 5.82 Å². The number of hydrogen-bond acceptors (Lipinski definition) is 7. The van der Waals surface area contributed by atoms with Gasteiger partial charge in [0.25, 0.3) is 5.89 Å². The number of nitrogen functional groups attached to an aromatic ring is 1. The molecule has 0 aliphatic rings. The highest BCUT2D eigenvalue weighted by Gasteiger charge is 2.31. The van der Waals surface area contributed by atoms with Gasteiger partial charge in [0.2, 0.25) is 5.82 Å². The maximum Gasteiger partial charge on any atom is 0.280 e. The van der Waals surface area contributed by atoms with Crippen LogP contribution < -0.4 is 5.73 Å². The van der Waals surface area contributed by atoms with E-state index in [1.54, 1.807) is 7.11 Å². The van der Waals surface area contributed by atoms with Gasteiger partial charge in [-0.05, 0) is 5.41 Å². The van der Waals surface area contributed by atoms with Crippen LogP contribution in [0.15, 0.2) is 16.9 Å². The highest BCUT2D eigenvalue weighted by Crippen LogP contribution is 2.34. The lowest BCUT2D eigenvalue weighted by atomic mass is 9.88. The Kier molecular flexibility index (Phi) is 3.48. The fraction of sp³-hybridized carbons (Fsp3) is 0.500. The number of ether oxygens (including phenoxy) is 1. The molecule has 1 atom stereocenters. The van der Waals surface area contributed by atoms with Gasteiger partial charge < -0.3 is 15.0 Å². The fourth-order valence-corrected chi connectivity index (χ4v) is 1.80. The smallest absolute Gasteiger partial charge is 0.280 e. The zero-order valence-corrected chi connectivity index (χ0v) is 11.4. The quantitative estimate of drug-likeness (QED) is 0.901. The van der Waals surface area contributed by atoms with Crippen LogP contribution in [0.2, 0.25) is 0 Å². The van der Waals surface area contributed by atoms with E-state index in [0.717, 1.165) is 0 Å². The van der Waals surface area contributed by atoms with Crippen LogP contribution in [0.25, 0.3) is 11.6 Å². The summed E-state index contributed by atoms with van der Waals surface area (Å²) in [6.45, 7) is 6.11. The lowest BCUT2D eigenvalue weighted by Crippen LogP contribution is -2.21. The molecule has 0 aliphatic carbocycles. The molecule has 1 unspecified atom stereocenters. The number of rotatable bonds is 3. The van der Waals surface area contributed by atoms with Crippen molar-refractivity contribution in [3.8, 4) is 11.6 Å². The molecule has 0 saturated heterocycles. The number of anilines is 1. The minimum absolute atomic E-state index is 0.149. The molecule has 0 saturated carbocycles. The Labute approximate surface area is 111 Å².